The Bertz CT molecular complexity index is 435. The molecule has 4 fully saturated rings. The van der Waals surface area contributed by atoms with Gasteiger partial charge in [0.25, 0.3) is 0 Å². The molecular weight excluding hydrogens is 314 g/mol. The second-order valence-corrected chi connectivity index (χ2v) is 8.96. The third-order valence-electron chi connectivity index (χ3n) is 7.28. The summed E-state index contributed by atoms with van der Waals surface area (Å²) in [4.78, 5) is 0. The van der Waals surface area contributed by atoms with Crippen molar-refractivity contribution in [1.82, 2.24) is 16.2 Å². The lowest BCUT2D eigenvalue weighted by molar-refractivity contribution is -0.0402. The fourth-order valence-electron chi connectivity index (χ4n) is 5.76. The predicted molar refractivity (Wildman–Crippen MR) is 99.0 cm³/mol. The molecule has 4 rings (SSSR count). The molecule has 8 atom stereocenters. The van der Waals surface area contributed by atoms with Gasteiger partial charge in [0.05, 0.1) is 25.0 Å². The van der Waals surface area contributed by atoms with Gasteiger partial charge in [-0.25, -0.2) is 0 Å². The molecular formula is C20H37N3O2. The highest BCUT2D eigenvalue weighted by atomic mass is 16.5. The Morgan fingerprint density at radius 2 is 1.76 bits per heavy atom. The lowest BCUT2D eigenvalue weighted by atomic mass is 9.69. The van der Waals surface area contributed by atoms with Gasteiger partial charge in [-0.05, 0) is 83.1 Å². The molecule has 2 saturated carbocycles. The molecule has 144 valence electrons. The zero-order valence-corrected chi connectivity index (χ0v) is 16.0. The summed E-state index contributed by atoms with van der Waals surface area (Å²) in [6.45, 7) is 6.15. The smallest absolute Gasteiger partial charge is 0.0969 e. The number of ether oxygens (including phenoxy) is 2. The molecule has 0 aromatic carbocycles. The highest BCUT2D eigenvalue weighted by Gasteiger charge is 2.45. The number of nitrogens with one attached hydrogen (secondary N) is 3. The van der Waals surface area contributed by atoms with Crippen molar-refractivity contribution in [3.05, 3.63) is 0 Å². The zero-order valence-electron chi connectivity index (χ0n) is 16.0. The average molecular weight is 352 g/mol. The first kappa shape index (κ1) is 18.2. The summed E-state index contributed by atoms with van der Waals surface area (Å²) < 4.78 is 12.5. The number of hydrogen-bond donors (Lipinski definition) is 3. The Hall–Kier alpha value is -0.200. The van der Waals surface area contributed by atoms with Gasteiger partial charge < -0.3 is 9.47 Å². The van der Waals surface area contributed by atoms with E-state index in [1.165, 1.54) is 44.9 Å². The van der Waals surface area contributed by atoms with Crippen LogP contribution in [-0.4, -0.2) is 43.7 Å². The Kier molecular flexibility index (Phi) is 5.98. The van der Waals surface area contributed by atoms with Crippen LogP contribution in [0, 0.1) is 17.8 Å². The van der Waals surface area contributed by atoms with Crippen LogP contribution in [-0.2, 0) is 9.47 Å². The van der Waals surface area contributed by atoms with Crippen LogP contribution in [0.15, 0.2) is 0 Å². The third-order valence-corrected chi connectivity index (χ3v) is 7.28. The van der Waals surface area contributed by atoms with Gasteiger partial charge in [0.1, 0.15) is 0 Å². The van der Waals surface area contributed by atoms with Crippen LogP contribution < -0.4 is 16.2 Å². The molecule has 2 heterocycles. The van der Waals surface area contributed by atoms with E-state index < -0.39 is 0 Å². The summed E-state index contributed by atoms with van der Waals surface area (Å²) in [5.74, 6) is 2.22. The van der Waals surface area contributed by atoms with Gasteiger partial charge >= 0.3 is 0 Å². The maximum Gasteiger partial charge on any atom is 0.0969 e. The standard InChI is InChI=1S/C20H37N3O2/c1-13-8-9-21-12-24-14(2)15-4-3-5-16(10-15)20-18-11-17(25-13)6-7-19(18)22-23-20/h13-23H,3-12H2,1-2H3/t13-,14-,15?,16?,17?,18?,19?,20?/m1/s1. The Morgan fingerprint density at radius 3 is 2.68 bits per heavy atom. The van der Waals surface area contributed by atoms with Crippen LogP contribution in [0.4, 0.5) is 0 Å². The maximum absolute atomic E-state index is 6.41. The van der Waals surface area contributed by atoms with Crippen LogP contribution in [0.5, 0.6) is 0 Å². The van der Waals surface area contributed by atoms with Gasteiger partial charge in [0, 0.05) is 12.1 Å². The molecule has 2 saturated heterocycles. The first-order chi connectivity index (χ1) is 12.2. The second kappa shape index (κ2) is 8.22. The van der Waals surface area contributed by atoms with E-state index in [0.717, 1.165) is 24.8 Å². The molecule has 5 nitrogen and oxygen atoms in total. The molecule has 0 aromatic heterocycles. The van der Waals surface area contributed by atoms with E-state index in [1.807, 2.05) is 0 Å². The van der Waals surface area contributed by atoms with E-state index in [9.17, 15) is 0 Å². The van der Waals surface area contributed by atoms with Crippen LogP contribution in [0.3, 0.4) is 0 Å². The van der Waals surface area contributed by atoms with E-state index in [-0.39, 0.29) is 0 Å². The highest BCUT2D eigenvalue weighted by molar-refractivity contribution is 5.00. The van der Waals surface area contributed by atoms with Crippen LogP contribution in [0.2, 0.25) is 0 Å². The summed E-state index contributed by atoms with van der Waals surface area (Å²) in [6, 6.07) is 1.26. The highest BCUT2D eigenvalue weighted by Crippen LogP contribution is 2.41. The molecule has 25 heavy (non-hydrogen) atoms. The Labute approximate surface area is 152 Å². The van der Waals surface area contributed by atoms with Crippen molar-refractivity contribution >= 4 is 0 Å². The monoisotopic (exact) mass is 351 g/mol. The van der Waals surface area contributed by atoms with E-state index in [4.69, 9.17) is 9.47 Å². The van der Waals surface area contributed by atoms with Crippen molar-refractivity contribution in [2.75, 3.05) is 13.3 Å². The molecule has 3 N–H and O–H groups in total. The largest absolute Gasteiger partial charge is 0.375 e. The first-order valence-electron chi connectivity index (χ1n) is 10.7. The van der Waals surface area contributed by atoms with Crippen molar-refractivity contribution in [2.24, 2.45) is 17.8 Å². The quantitative estimate of drug-likeness (QED) is 0.626. The van der Waals surface area contributed by atoms with Crippen molar-refractivity contribution in [1.29, 1.82) is 0 Å². The molecule has 0 amide bonds. The van der Waals surface area contributed by atoms with Crippen LogP contribution >= 0.6 is 0 Å². The van der Waals surface area contributed by atoms with Crippen molar-refractivity contribution in [2.45, 2.75) is 95.6 Å². The lowest BCUT2D eigenvalue weighted by Crippen LogP contribution is -2.43. The molecule has 6 unspecified atom stereocenters. The van der Waals surface area contributed by atoms with Gasteiger partial charge in [-0.2, -0.15) is 0 Å². The first-order valence-corrected chi connectivity index (χ1v) is 10.7. The Morgan fingerprint density at radius 1 is 0.880 bits per heavy atom. The van der Waals surface area contributed by atoms with Gasteiger partial charge in [-0.15, -0.1) is 0 Å². The van der Waals surface area contributed by atoms with E-state index in [1.54, 1.807) is 0 Å². The summed E-state index contributed by atoms with van der Waals surface area (Å²) in [7, 11) is 0. The van der Waals surface area contributed by atoms with Gasteiger partial charge in [0.15, 0.2) is 0 Å². The van der Waals surface area contributed by atoms with Crippen molar-refractivity contribution in [3.8, 4) is 0 Å². The molecule has 0 spiro atoms. The zero-order chi connectivity index (χ0) is 17.2. The number of fused-ring (bicyclic) bond motifs is 4. The number of rotatable bonds is 0. The number of hydrazine groups is 1. The van der Waals surface area contributed by atoms with E-state index >= 15 is 0 Å². The van der Waals surface area contributed by atoms with Crippen molar-refractivity contribution < 1.29 is 9.47 Å². The maximum atomic E-state index is 6.41. The summed E-state index contributed by atoms with van der Waals surface area (Å²) >= 11 is 0. The van der Waals surface area contributed by atoms with Crippen molar-refractivity contribution in [3.63, 3.8) is 0 Å². The minimum Gasteiger partial charge on any atom is -0.375 e. The molecule has 0 aromatic rings. The molecule has 4 aliphatic rings. The number of hydrogen-bond acceptors (Lipinski definition) is 5. The predicted octanol–water partition coefficient (Wildman–Crippen LogP) is 2.57. The SMILES string of the molecule is C[C@@H]1CCNCO[C@H](C)C2CCCC(C2)C2NNC3CCC(CC32)O1. The molecule has 5 heteroatoms. The normalized spacial score (nSPS) is 49.2. The van der Waals surface area contributed by atoms with Gasteiger partial charge in [-0.3, -0.25) is 16.2 Å². The van der Waals surface area contributed by atoms with E-state index in [0.29, 0.717) is 43.0 Å². The summed E-state index contributed by atoms with van der Waals surface area (Å²) in [5.41, 5.74) is 7.33. The minimum atomic E-state index is 0.330. The lowest BCUT2D eigenvalue weighted by Gasteiger charge is -2.40. The fraction of sp³-hybridized carbons (Fsp3) is 1.00. The summed E-state index contributed by atoms with van der Waals surface area (Å²) in [6.07, 6.45) is 11.2. The molecule has 4 bridgehead atoms. The Balaban J connectivity index is 1.49. The third kappa shape index (κ3) is 4.22. The molecule has 2 aliphatic carbocycles. The van der Waals surface area contributed by atoms with Crippen LogP contribution in [0.25, 0.3) is 0 Å². The van der Waals surface area contributed by atoms with Crippen LogP contribution in [0.1, 0.15) is 65.2 Å². The second-order valence-electron chi connectivity index (χ2n) is 8.96. The minimum absolute atomic E-state index is 0.330. The fourth-order valence-corrected chi connectivity index (χ4v) is 5.76. The topological polar surface area (TPSA) is 54.5 Å². The van der Waals surface area contributed by atoms with Gasteiger partial charge in [-0.1, -0.05) is 6.42 Å². The van der Waals surface area contributed by atoms with E-state index in [2.05, 4.69) is 30.0 Å². The van der Waals surface area contributed by atoms with Gasteiger partial charge in [0.2, 0.25) is 0 Å². The molecule has 0 radical (unpaired) electrons. The summed E-state index contributed by atoms with van der Waals surface area (Å²) in [5, 5.41) is 3.45. The molecule has 2 aliphatic heterocycles. The average Bonchev–Trinajstić information content (AvgIpc) is 3.04.